The molecule has 0 fully saturated rings. The third-order valence-electron chi connectivity index (χ3n) is 3.05. The number of benzene rings is 1. The molecule has 118 valence electrons. The monoisotopic (exact) mass is 309 g/mol. The lowest BCUT2D eigenvalue weighted by molar-refractivity contribution is 0.101. The first-order valence-corrected chi connectivity index (χ1v) is 6.91. The molecule has 22 heavy (non-hydrogen) atoms. The van der Waals surface area contributed by atoms with Gasteiger partial charge >= 0.3 is 6.03 Å². The zero-order valence-corrected chi connectivity index (χ0v) is 12.1. The molecule has 0 spiro atoms. The molecular formula is C15H17F2N3O2. The van der Waals surface area contributed by atoms with E-state index in [1.807, 2.05) is 6.92 Å². The van der Waals surface area contributed by atoms with Crippen LogP contribution in [0.1, 0.15) is 30.2 Å². The molecule has 2 amide bonds. The van der Waals surface area contributed by atoms with Crippen molar-refractivity contribution in [2.75, 3.05) is 0 Å². The van der Waals surface area contributed by atoms with Crippen LogP contribution in [0.5, 0.6) is 0 Å². The molecule has 7 heteroatoms. The smallest absolute Gasteiger partial charge is 0.315 e. The van der Waals surface area contributed by atoms with Gasteiger partial charge in [-0.05, 0) is 5.56 Å². The van der Waals surface area contributed by atoms with Crippen molar-refractivity contribution in [3.05, 3.63) is 53.7 Å². The van der Waals surface area contributed by atoms with Crippen molar-refractivity contribution in [2.24, 2.45) is 0 Å². The first-order chi connectivity index (χ1) is 10.6. The number of carbonyl (C=O) groups excluding carboxylic acids is 1. The minimum Gasteiger partial charge on any atom is -0.444 e. The predicted octanol–water partition coefficient (Wildman–Crippen LogP) is 3.04. The summed E-state index contributed by atoms with van der Waals surface area (Å²) in [5.74, 6) is 1.03. The van der Waals surface area contributed by atoms with Crippen LogP contribution in [0.25, 0.3) is 0 Å². The number of halogens is 2. The summed E-state index contributed by atoms with van der Waals surface area (Å²) in [6.45, 7) is 1.95. The summed E-state index contributed by atoms with van der Waals surface area (Å²) < 4.78 is 31.5. The number of hydrogen-bond acceptors (Lipinski definition) is 3. The number of nitrogens with one attached hydrogen (secondary N) is 2. The summed E-state index contributed by atoms with van der Waals surface area (Å²) in [4.78, 5) is 15.7. The van der Waals surface area contributed by atoms with Gasteiger partial charge in [-0.25, -0.2) is 18.6 Å². The van der Waals surface area contributed by atoms with Crippen molar-refractivity contribution >= 4 is 6.03 Å². The van der Waals surface area contributed by atoms with Crippen molar-refractivity contribution in [3.63, 3.8) is 0 Å². The Labute approximate surface area is 126 Å². The zero-order chi connectivity index (χ0) is 15.9. The molecule has 0 aliphatic heterocycles. The van der Waals surface area contributed by atoms with Gasteiger partial charge in [0.2, 0.25) is 5.89 Å². The maximum atomic E-state index is 13.1. The third-order valence-corrected chi connectivity index (χ3v) is 3.05. The molecule has 1 heterocycles. The van der Waals surface area contributed by atoms with E-state index in [9.17, 15) is 13.6 Å². The molecule has 2 rings (SSSR count). The summed E-state index contributed by atoms with van der Waals surface area (Å²) >= 11 is 0. The van der Waals surface area contributed by atoms with E-state index in [1.165, 1.54) is 0 Å². The highest BCUT2D eigenvalue weighted by molar-refractivity contribution is 5.74. The number of hydrogen-bond donors (Lipinski definition) is 2. The molecule has 2 aromatic rings. The van der Waals surface area contributed by atoms with Gasteiger partial charge < -0.3 is 15.1 Å². The first kappa shape index (κ1) is 15.9. The quantitative estimate of drug-likeness (QED) is 0.862. The molecule has 0 saturated heterocycles. The Kier molecular flexibility index (Phi) is 5.46. The van der Waals surface area contributed by atoms with E-state index in [-0.39, 0.29) is 6.54 Å². The average molecular weight is 309 g/mol. The van der Waals surface area contributed by atoms with Crippen LogP contribution in [0.4, 0.5) is 13.6 Å². The molecule has 1 unspecified atom stereocenters. The lowest BCUT2D eigenvalue weighted by Crippen LogP contribution is -2.40. The second-order valence-electron chi connectivity index (χ2n) is 4.62. The number of nitrogens with zero attached hydrogens (tertiary/aromatic N) is 1. The van der Waals surface area contributed by atoms with Gasteiger partial charge in [0.1, 0.15) is 11.8 Å². The van der Waals surface area contributed by atoms with Crippen LogP contribution >= 0.6 is 0 Å². The molecule has 1 aromatic heterocycles. The standard InChI is InChI=1S/C15H17F2N3O2/c1-2-11-8-18-12(22-11)9-19-15(21)20-13(14(16)17)10-6-4-3-5-7-10/h3-8,13-14H,2,9H2,1H3,(H2,19,20,21). The van der Waals surface area contributed by atoms with E-state index in [0.717, 1.165) is 0 Å². The van der Waals surface area contributed by atoms with Crippen molar-refractivity contribution in [3.8, 4) is 0 Å². The van der Waals surface area contributed by atoms with Gasteiger partial charge in [0, 0.05) is 6.42 Å². The fourth-order valence-electron chi connectivity index (χ4n) is 1.89. The second-order valence-corrected chi connectivity index (χ2v) is 4.62. The van der Waals surface area contributed by atoms with Gasteiger partial charge in [0.05, 0.1) is 12.7 Å². The normalized spacial score (nSPS) is 12.2. The lowest BCUT2D eigenvalue weighted by Gasteiger charge is -2.18. The Hall–Kier alpha value is -2.44. The van der Waals surface area contributed by atoms with Crippen LogP contribution in [0.2, 0.25) is 0 Å². The van der Waals surface area contributed by atoms with E-state index in [2.05, 4.69) is 15.6 Å². The Morgan fingerprint density at radius 3 is 2.64 bits per heavy atom. The fourth-order valence-corrected chi connectivity index (χ4v) is 1.89. The number of aryl methyl sites for hydroxylation is 1. The summed E-state index contributed by atoms with van der Waals surface area (Å²) in [6.07, 6.45) is -0.441. The third kappa shape index (κ3) is 4.28. The molecule has 0 radical (unpaired) electrons. The second kappa shape index (κ2) is 7.53. The summed E-state index contributed by atoms with van der Waals surface area (Å²) in [5, 5.41) is 4.71. The number of aromatic nitrogens is 1. The highest BCUT2D eigenvalue weighted by Crippen LogP contribution is 2.20. The molecule has 0 aliphatic carbocycles. The minimum atomic E-state index is -2.71. The molecule has 5 nitrogen and oxygen atoms in total. The lowest BCUT2D eigenvalue weighted by atomic mass is 10.1. The minimum absolute atomic E-state index is 0.0383. The first-order valence-electron chi connectivity index (χ1n) is 6.91. The van der Waals surface area contributed by atoms with Crippen LogP contribution in [0, 0.1) is 0 Å². The Morgan fingerprint density at radius 1 is 1.32 bits per heavy atom. The number of rotatable bonds is 6. The Balaban J connectivity index is 1.91. The van der Waals surface area contributed by atoms with Gasteiger partial charge in [-0.15, -0.1) is 0 Å². The molecule has 1 atom stereocenters. The van der Waals surface area contributed by atoms with Crippen LogP contribution in [0.15, 0.2) is 40.9 Å². The van der Waals surface area contributed by atoms with Crippen molar-refractivity contribution < 1.29 is 18.0 Å². The molecule has 0 aliphatic rings. The SMILES string of the molecule is CCc1cnc(CNC(=O)NC(c2ccccc2)C(F)F)o1. The van der Waals surface area contributed by atoms with Crippen LogP contribution < -0.4 is 10.6 Å². The molecule has 2 N–H and O–H groups in total. The highest BCUT2D eigenvalue weighted by atomic mass is 19.3. The highest BCUT2D eigenvalue weighted by Gasteiger charge is 2.24. The molecule has 1 aromatic carbocycles. The summed E-state index contributed by atoms with van der Waals surface area (Å²) in [5.41, 5.74) is 0.344. The number of oxazole rings is 1. The zero-order valence-electron chi connectivity index (χ0n) is 12.1. The molecular weight excluding hydrogens is 292 g/mol. The van der Waals surface area contributed by atoms with Crippen molar-refractivity contribution in [2.45, 2.75) is 32.4 Å². The van der Waals surface area contributed by atoms with E-state index in [4.69, 9.17) is 4.42 Å². The number of alkyl halides is 2. The van der Waals surface area contributed by atoms with Crippen molar-refractivity contribution in [1.82, 2.24) is 15.6 Å². The predicted molar refractivity (Wildman–Crippen MR) is 76.4 cm³/mol. The topological polar surface area (TPSA) is 67.2 Å². The molecule has 0 bridgehead atoms. The molecule has 0 saturated carbocycles. The number of carbonyl (C=O) groups is 1. The van der Waals surface area contributed by atoms with E-state index in [1.54, 1.807) is 36.5 Å². The van der Waals surface area contributed by atoms with Crippen LogP contribution in [-0.4, -0.2) is 17.4 Å². The van der Waals surface area contributed by atoms with Gasteiger partial charge in [0.25, 0.3) is 6.43 Å². The van der Waals surface area contributed by atoms with E-state index in [0.29, 0.717) is 23.6 Å². The Bertz CT molecular complexity index is 602. The maximum Gasteiger partial charge on any atom is 0.315 e. The number of amides is 2. The maximum absolute atomic E-state index is 13.1. The van der Waals surface area contributed by atoms with E-state index < -0.39 is 18.5 Å². The van der Waals surface area contributed by atoms with Crippen LogP contribution in [0.3, 0.4) is 0 Å². The van der Waals surface area contributed by atoms with Gasteiger partial charge in [0.15, 0.2) is 0 Å². The van der Waals surface area contributed by atoms with E-state index >= 15 is 0 Å². The summed E-state index contributed by atoms with van der Waals surface area (Å²) in [7, 11) is 0. The van der Waals surface area contributed by atoms with Gasteiger partial charge in [-0.3, -0.25) is 0 Å². The van der Waals surface area contributed by atoms with Gasteiger partial charge in [-0.1, -0.05) is 37.3 Å². The average Bonchev–Trinajstić information content (AvgIpc) is 2.99. The van der Waals surface area contributed by atoms with Crippen molar-refractivity contribution in [1.29, 1.82) is 0 Å². The Morgan fingerprint density at radius 2 is 2.05 bits per heavy atom. The summed E-state index contributed by atoms with van der Waals surface area (Å²) in [6, 6.07) is 6.02. The number of urea groups is 1. The fraction of sp³-hybridized carbons (Fsp3) is 0.333. The van der Waals surface area contributed by atoms with Crippen LogP contribution in [-0.2, 0) is 13.0 Å². The largest absolute Gasteiger partial charge is 0.444 e. The van der Waals surface area contributed by atoms with Gasteiger partial charge in [-0.2, -0.15) is 0 Å².